The zero-order valence-electron chi connectivity index (χ0n) is 13.4. The largest absolute Gasteiger partial charge is 0.349 e. The Labute approximate surface area is 130 Å². The first-order chi connectivity index (χ1) is 10.5. The van der Waals surface area contributed by atoms with Crippen LogP contribution < -0.4 is 5.32 Å². The van der Waals surface area contributed by atoms with Gasteiger partial charge in [0.15, 0.2) is 0 Å². The normalized spacial score (nSPS) is 22.2. The minimum absolute atomic E-state index is 0.0515. The summed E-state index contributed by atoms with van der Waals surface area (Å²) in [6, 6.07) is 2.12. The number of carbonyl (C=O) groups excluding carboxylic acids is 1. The maximum atomic E-state index is 12.5. The third-order valence-electron chi connectivity index (χ3n) is 4.44. The lowest BCUT2D eigenvalue weighted by molar-refractivity contribution is 0.0921. The van der Waals surface area contributed by atoms with E-state index in [1.807, 2.05) is 19.9 Å². The first-order valence-corrected chi connectivity index (χ1v) is 8.10. The van der Waals surface area contributed by atoms with Crippen LogP contribution in [0, 0.1) is 5.92 Å². The minimum Gasteiger partial charge on any atom is -0.349 e. The van der Waals surface area contributed by atoms with Crippen LogP contribution in [0.4, 0.5) is 0 Å². The number of nitrogens with one attached hydrogen (secondary N) is 1. The van der Waals surface area contributed by atoms with Gasteiger partial charge in [-0.05, 0) is 30.7 Å². The van der Waals surface area contributed by atoms with Gasteiger partial charge in [-0.3, -0.25) is 4.79 Å². The molecule has 1 aliphatic carbocycles. The van der Waals surface area contributed by atoms with Gasteiger partial charge in [-0.25, -0.2) is 4.98 Å². The molecule has 118 valence electrons. The monoisotopic (exact) mass is 301 g/mol. The van der Waals surface area contributed by atoms with Gasteiger partial charge in [0.1, 0.15) is 0 Å². The standard InChI is InChI=1S/C17H23N3O2/c1-10(2)15-14-8-12(9-18-17(14)22-20-15)16(21)19-13-6-4-5-11(3)7-13/h8-11,13H,4-7H2,1-3H3,(H,19,21). The number of hydrogen-bond donors (Lipinski definition) is 1. The van der Waals surface area contributed by atoms with E-state index in [2.05, 4.69) is 22.4 Å². The van der Waals surface area contributed by atoms with Crippen molar-refractivity contribution in [1.82, 2.24) is 15.5 Å². The molecule has 1 saturated carbocycles. The number of carbonyl (C=O) groups is 1. The molecule has 1 aliphatic rings. The SMILES string of the molecule is CC1CCCC(NC(=O)c2cnc3onc(C(C)C)c3c2)C1. The molecule has 5 heteroatoms. The van der Waals surface area contributed by atoms with E-state index >= 15 is 0 Å². The van der Waals surface area contributed by atoms with Crippen molar-refractivity contribution in [2.24, 2.45) is 5.92 Å². The molecular formula is C17H23N3O2. The van der Waals surface area contributed by atoms with E-state index in [9.17, 15) is 4.79 Å². The molecule has 3 rings (SSSR count). The van der Waals surface area contributed by atoms with Crippen molar-refractivity contribution in [3.8, 4) is 0 Å². The van der Waals surface area contributed by atoms with Gasteiger partial charge in [-0.2, -0.15) is 0 Å². The van der Waals surface area contributed by atoms with Crippen molar-refractivity contribution >= 4 is 17.0 Å². The Morgan fingerprint density at radius 3 is 2.95 bits per heavy atom. The molecule has 1 N–H and O–H groups in total. The number of nitrogens with zero attached hydrogens (tertiary/aromatic N) is 2. The third-order valence-corrected chi connectivity index (χ3v) is 4.44. The molecule has 2 heterocycles. The Morgan fingerprint density at radius 2 is 2.23 bits per heavy atom. The van der Waals surface area contributed by atoms with Gasteiger partial charge in [0.05, 0.1) is 16.6 Å². The van der Waals surface area contributed by atoms with E-state index in [0.717, 1.165) is 23.9 Å². The zero-order chi connectivity index (χ0) is 15.7. The van der Waals surface area contributed by atoms with E-state index in [1.54, 1.807) is 6.20 Å². The van der Waals surface area contributed by atoms with Crippen LogP contribution in [0.15, 0.2) is 16.8 Å². The molecule has 0 saturated heterocycles. The van der Waals surface area contributed by atoms with Crippen LogP contribution in [0.5, 0.6) is 0 Å². The molecule has 2 atom stereocenters. The topological polar surface area (TPSA) is 68.0 Å². The molecule has 2 aromatic rings. The van der Waals surface area contributed by atoms with Crippen molar-refractivity contribution in [2.45, 2.75) is 58.4 Å². The van der Waals surface area contributed by atoms with Crippen LogP contribution in [0.1, 0.15) is 68.4 Å². The molecule has 5 nitrogen and oxygen atoms in total. The molecule has 2 unspecified atom stereocenters. The lowest BCUT2D eigenvalue weighted by Gasteiger charge is -2.27. The maximum absolute atomic E-state index is 12.5. The van der Waals surface area contributed by atoms with Gasteiger partial charge < -0.3 is 9.84 Å². The molecule has 0 bridgehead atoms. The second-order valence-corrected chi connectivity index (χ2v) is 6.74. The van der Waals surface area contributed by atoms with Gasteiger partial charge >= 0.3 is 0 Å². The highest BCUT2D eigenvalue weighted by Gasteiger charge is 2.22. The van der Waals surface area contributed by atoms with Crippen LogP contribution >= 0.6 is 0 Å². The van der Waals surface area contributed by atoms with Crippen LogP contribution in [-0.4, -0.2) is 22.1 Å². The molecule has 0 aromatic carbocycles. The van der Waals surface area contributed by atoms with E-state index in [0.29, 0.717) is 17.2 Å². The summed E-state index contributed by atoms with van der Waals surface area (Å²) in [5.74, 6) is 0.871. The van der Waals surface area contributed by atoms with Crippen molar-refractivity contribution in [1.29, 1.82) is 0 Å². The lowest BCUT2D eigenvalue weighted by Crippen LogP contribution is -2.38. The maximum Gasteiger partial charge on any atom is 0.257 e. The quantitative estimate of drug-likeness (QED) is 0.939. The lowest BCUT2D eigenvalue weighted by atomic mass is 9.87. The third kappa shape index (κ3) is 2.98. The minimum atomic E-state index is -0.0515. The Balaban J connectivity index is 1.80. The van der Waals surface area contributed by atoms with Gasteiger partial charge in [-0.15, -0.1) is 0 Å². The van der Waals surface area contributed by atoms with Crippen molar-refractivity contribution in [3.63, 3.8) is 0 Å². The molecule has 2 aromatic heterocycles. The summed E-state index contributed by atoms with van der Waals surface area (Å²) in [6.45, 7) is 6.35. The molecule has 22 heavy (non-hydrogen) atoms. The summed E-state index contributed by atoms with van der Waals surface area (Å²) in [7, 11) is 0. The van der Waals surface area contributed by atoms with E-state index in [-0.39, 0.29) is 17.9 Å². The fourth-order valence-electron chi connectivity index (χ4n) is 3.22. The summed E-state index contributed by atoms with van der Waals surface area (Å²) in [4.78, 5) is 16.7. The number of amides is 1. The van der Waals surface area contributed by atoms with Crippen LogP contribution in [-0.2, 0) is 0 Å². The van der Waals surface area contributed by atoms with Crippen LogP contribution in [0.2, 0.25) is 0 Å². The molecule has 0 spiro atoms. The first-order valence-electron chi connectivity index (χ1n) is 8.10. The number of rotatable bonds is 3. The molecule has 1 amide bonds. The first kappa shape index (κ1) is 15.0. The highest BCUT2D eigenvalue weighted by molar-refractivity contribution is 5.97. The Kier molecular flexibility index (Phi) is 4.14. The summed E-state index contributed by atoms with van der Waals surface area (Å²) in [5.41, 5.74) is 1.92. The van der Waals surface area contributed by atoms with Crippen LogP contribution in [0.3, 0.4) is 0 Å². The number of pyridine rings is 1. The number of hydrogen-bond acceptors (Lipinski definition) is 4. The molecular weight excluding hydrogens is 278 g/mol. The zero-order valence-corrected chi connectivity index (χ0v) is 13.4. The summed E-state index contributed by atoms with van der Waals surface area (Å²) in [5, 5.41) is 8.03. The predicted molar refractivity (Wildman–Crippen MR) is 84.8 cm³/mol. The fourth-order valence-corrected chi connectivity index (χ4v) is 3.22. The molecule has 1 fully saturated rings. The highest BCUT2D eigenvalue weighted by Crippen LogP contribution is 2.25. The van der Waals surface area contributed by atoms with Crippen LogP contribution in [0.25, 0.3) is 11.1 Å². The highest BCUT2D eigenvalue weighted by atomic mass is 16.5. The van der Waals surface area contributed by atoms with Crippen molar-refractivity contribution < 1.29 is 9.32 Å². The summed E-state index contributed by atoms with van der Waals surface area (Å²) in [6.07, 6.45) is 6.15. The molecule has 0 aliphatic heterocycles. The Morgan fingerprint density at radius 1 is 1.41 bits per heavy atom. The smallest absolute Gasteiger partial charge is 0.257 e. The average molecular weight is 301 g/mol. The van der Waals surface area contributed by atoms with Gasteiger partial charge in [0.25, 0.3) is 11.6 Å². The predicted octanol–water partition coefficient (Wildman–Crippen LogP) is 3.65. The Bertz CT molecular complexity index is 678. The van der Waals surface area contributed by atoms with Gasteiger partial charge in [0, 0.05) is 12.2 Å². The van der Waals surface area contributed by atoms with E-state index < -0.39 is 0 Å². The second-order valence-electron chi connectivity index (χ2n) is 6.74. The van der Waals surface area contributed by atoms with E-state index in [1.165, 1.54) is 12.8 Å². The van der Waals surface area contributed by atoms with Gasteiger partial charge in [0.2, 0.25) is 0 Å². The molecule has 0 radical (unpaired) electrons. The number of fused-ring (bicyclic) bond motifs is 1. The van der Waals surface area contributed by atoms with Crippen molar-refractivity contribution in [3.05, 3.63) is 23.5 Å². The second kappa shape index (κ2) is 6.07. The Hall–Kier alpha value is -1.91. The summed E-state index contributed by atoms with van der Waals surface area (Å²) < 4.78 is 5.22. The summed E-state index contributed by atoms with van der Waals surface area (Å²) >= 11 is 0. The fraction of sp³-hybridized carbons (Fsp3) is 0.588. The number of aromatic nitrogens is 2. The van der Waals surface area contributed by atoms with E-state index in [4.69, 9.17) is 4.52 Å². The average Bonchev–Trinajstić information content (AvgIpc) is 2.90. The van der Waals surface area contributed by atoms with Gasteiger partial charge in [-0.1, -0.05) is 38.8 Å². The van der Waals surface area contributed by atoms with Crippen molar-refractivity contribution in [2.75, 3.05) is 0 Å².